The maximum atomic E-state index is 13.5. The Morgan fingerprint density at radius 1 is 0.446 bits per heavy atom. The lowest BCUT2D eigenvalue weighted by molar-refractivity contribution is -0.130. The van der Waals surface area contributed by atoms with E-state index in [2.05, 4.69) is 64.1 Å². The van der Waals surface area contributed by atoms with Crippen molar-refractivity contribution in [1.29, 1.82) is 0 Å². The highest BCUT2D eigenvalue weighted by Crippen LogP contribution is 2.62. The zero-order valence-electron chi connectivity index (χ0n) is 40.5. The molecule has 4 aromatic rings. The molecule has 0 spiro atoms. The first-order valence-electron chi connectivity index (χ1n) is 23.9. The average Bonchev–Trinajstić information content (AvgIpc) is 3.69. The molecule has 0 radical (unpaired) electrons. The lowest BCUT2D eigenvalue weighted by atomic mass is 9.84. The fourth-order valence-corrected chi connectivity index (χ4v) is 8.08. The summed E-state index contributed by atoms with van der Waals surface area (Å²) < 4.78 is 53.5. The van der Waals surface area contributed by atoms with Gasteiger partial charge in [0, 0.05) is 28.8 Å². The number of carbonyl (C=O) groups excluding carboxylic acids is 2. The topological polar surface area (TPSA) is 108 Å². The molecule has 0 N–H and O–H groups in total. The Morgan fingerprint density at radius 2 is 0.846 bits per heavy atom. The third-order valence-electron chi connectivity index (χ3n) is 10.8. The number of hydrogen-bond donors (Lipinski definition) is 0. The van der Waals surface area contributed by atoms with Gasteiger partial charge < -0.3 is 37.9 Å². The summed E-state index contributed by atoms with van der Waals surface area (Å²) in [5.41, 5.74) is 8.75. The summed E-state index contributed by atoms with van der Waals surface area (Å²) in [6.07, 6.45) is 11.8. The second-order valence-electron chi connectivity index (χ2n) is 15.8. The molecule has 1 aliphatic rings. The number of ether oxygens (including phenoxy) is 8. The average molecular weight is 891 g/mol. The lowest BCUT2D eigenvalue weighted by Crippen LogP contribution is -2.14. The smallest absolute Gasteiger partial charge is 0.335 e. The molecule has 65 heavy (non-hydrogen) atoms. The number of esters is 2. The van der Waals surface area contributed by atoms with E-state index in [-0.39, 0.29) is 11.5 Å². The Kier molecular flexibility index (Phi) is 19.2. The predicted molar refractivity (Wildman–Crippen MR) is 260 cm³/mol. The van der Waals surface area contributed by atoms with Crippen LogP contribution in [0.3, 0.4) is 0 Å². The maximum absolute atomic E-state index is 13.5. The zero-order valence-corrected chi connectivity index (χ0v) is 40.5. The van der Waals surface area contributed by atoms with Gasteiger partial charge in [0.1, 0.15) is 11.5 Å². The van der Waals surface area contributed by atoms with Crippen molar-refractivity contribution in [3.05, 3.63) is 83.0 Å². The van der Waals surface area contributed by atoms with E-state index in [4.69, 9.17) is 37.9 Å². The van der Waals surface area contributed by atoms with Crippen LogP contribution in [-0.2, 0) is 28.9 Å². The molecule has 1 aliphatic carbocycles. The fourth-order valence-electron chi connectivity index (χ4n) is 8.08. The van der Waals surface area contributed by atoms with Crippen LogP contribution in [0.5, 0.6) is 46.0 Å². The molecule has 5 rings (SSSR count). The number of benzene rings is 4. The van der Waals surface area contributed by atoms with Crippen molar-refractivity contribution in [2.45, 2.75) is 127 Å². The van der Waals surface area contributed by atoms with Crippen LogP contribution in [0, 0.1) is 0 Å². The van der Waals surface area contributed by atoms with Crippen LogP contribution in [-0.4, -0.2) is 51.6 Å². The van der Waals surface area contributed by atoms with Gasteiger partial charge in [-0.05, 0) is 99.5 Å². The van der Waals surface area contributed by atoms with Crippen LogP contribution in [0.25, 0.3) is 33.4 Å². The molecular formula is C55H70O10. The third-order valence-corrected chi connectivity index (χ3v) is 10.8. The van der Waals surface area contributed by atoms with Crippen LogP contribution in [0.1, 0.15) is 130 Å². The van der Waals surface area contributed by atoms with Crippen molar-refractivity contribution >= 4 is 11.9 Å². The summed E-state index contributed by atoms with van der Waals surface area (Å²) in [6.45, 7) is 22.1. The van der Waals surface area contributed by atoms with Crippen LogP contribution < -0.4 is 37.9 Å². The minimum Gasteiger partial charge on any atom is -0.492 e. The lowest BCUT2D eigenvalue weighted by Gasteiger charge is -2.29. The van der Waals surface area contributed by atoms with Gasteiger partial charge >= 0.3 is 11.9 Å². The van der Waals surface area contributed by atoms with Crippen LogP contribution >= 0.6 is 0 Å². The van der Waals surface area contributed by atoms with Gasteiger partial charge in [-0.1, -0.05) is 104 Å². The number of allylic oxidation sites excluding steroid dienone is 2. The summed E-state index contributed by atoms with van der Waals surface area (Å²) in [7, 11) is 0. The van der Waals surface area contributed by atoms with Crippen molar-refractivity contribution in [1.82, 2.24) is 0 Å². The first-order chi connectivity index (χ1) is 31.7. The van der Waals surface area contributed by atoms with E-state index in [0.717, 1.165) is 40.7 Å². The van der Waals surface area contributed by atoms with E-state index in [0.29, 0.717) is 141 Å². The summed E-state index contributed by atoms with van der Waals surface area (Å²) in [5.74, 6) is 2.05. The van der Waals surface area contributed by atoms with Crippen LogP contribution in [0.2, 0.25) is 0 Å². The molecule has 0 unspecified atom stereocenters. The summed E-state index contributed by atoms with van der Waals surface area (Å²) >= 11 is 0. The minimum atomic E-state index is -0.535. The van der Waals surface area contributed by atoms with E-state index >= 15 is 0 Å². The van der Waals surface area contributed by atoms with Crippen molar-refractivity contribution < 1.29 is 47.5 Å². The quantitative estimate of drug-likeness (QED) is 0.0302. The highest BCUT2D eigenvalue weighted by molar-refractivity contribution is 6.03. The molecule has 350 valence electrons. The molecule has 0 fully saturated rings. The van der Waals surface area contributed by atoms with Gasteiger partial charge in [-0.15, -0.1) is 0 Å². The Bertz CT molecular complexity index is 2320. The molecule has 0 saturated carbocycles. The Labute approximate surface area is 387 Å². The summed E-state index contributed by atoms with van der Waals surface area (Å²) in [5, 5.41) is 0. The van der Waals surface area contributed by atoms with E-state index in [9.17, 15) is 9.59 Å². The largest absolute Gasteiger partial charge is 0.492 e. The first kappa shape index (κ1) is 50.1. The molecular weight excluding hydrogens is 821 g/mol. The predicted octanol–water partition coefficient (Wildman–Crippen LogP) is 13.4. The number of carbonyl (C=O) groups is 2. The standard InChI is InChI=1S/C55H70O10/c1-11-23-43(56)64-50-37(19-9)48(58-29-13-3)46(52(60-31-15-5)54(50)62-33-17-7)41-28-27-40-39-26-22-21-25-36(39)35-42(40)45(41)47-49(59-30-14-4)38(20-10)51(65-44(57)24-12-2)55(63-34-18-8)53(47)61-32-16-6/h11-12,21-28H,13-20,29-35H2,1-10H3. The van der Waals surface area contributed by atoms with E-state index < -0.39 is 11.9 Å². The van der Waals surface area contributed by atoms with Gasteiger partial charge in [0.05, 0.1) is 50.8 Å². The highest BCUT2D eigenvalue weighted by Gasteiger charge is 2.38. The number of fused-ring (bicyclic) bond motifs is 3. The maximum Gasteiger partial charge on any atom is 0.335 e. The van der Waals surface area contributed by atoms with Crippen molar-refractivity contribution in [2.24, 2.45) is 0 Å². The molecule has 0 saturated heterocycles. The van der Waals surface area contributed by atoms with Gasteiger partial charge in [-0.3, -0.25) is 0 Å². The number of rotatable bonds is 26. The second kappa shape index (κ2) is 25.0. The monoisotopic (exact) mass is 890 g/mol. The van der Waals surface area contributed by atoms with Crippen LogP contribution in [0.15, 0.2) is 60.7 Å². The third kappa shape index (κ3) is 11.1. The molecule has 0 atom stereocenters. The summed E-state index contributed by atoms with van der Waals surface area (Å²) in [6, 6.07) is 12.8. The van der Waals surface area contributed by atoms with Gasteiger partial charge in [0.2, 0.25) is 11.5 Å². The molecule has 0 aromatic heterocycles. The van der Waals surface area contributed by atoms with Gasteiger partial charge in [-0.2, -0.15) is 0 Å². The van der Waals surface area contributed by atoms with Gasteiger partial charge in [-0.25, -0.2) is 9.59 Å². The fraction of sp³-hybridized carbons (Fsp3) is 0.455. The Balaban J connectivity index is 2.14. The molecule has 4 aromatic carbocycles. The molecule has 0 bridgehead atoms. The Morgan fingerprint density at radius 3 is 1.29 bits per heavy atom. The van der Waals surface area contributed by atoms with Crippen molar-refractivity contribution in [3.8, 4) is 79.4 Å². The molecule has 0 amide bonds. The highest BCUT2D eigenvalue weighted by atomic mass is 16.6. The number of hydrogen-bond acceptors (Lipinski definition) is 10. The first-order valence-corrected chi connectivity index (χ1v) is 23.9. The zero-order chi connectivity index (χ0) is 46.9. The molecule has 0 aliphatic heterocycles. The minimum absolute atomic E-state index is 0.273. The molecule has 0 heterocycles. The summed E-state index contributed by atoms with van der Waals surface area (Å²) in [4.78, 5) is 26.9. The van der Waals surface area contributed by atoms with E-state index in [1.54, 1.807) is 26.0 Å². The SMILES string of the molecule is CC=CC(=O)Oc1c(CC)c(OCCC)c(-c2ccc3c(c2-c2c(OCCC)c(CC)c(OC(=O)C=CC)c(OCCC)c2OCCC)Cc2ccccc2-3)c(OCCC)c1OCCC. The van der Waals surface area contributed by atoms with Crippen LogP contribution in [0.4, 0.5) is 0 Å². The van der Waals surface area contributed by atoms with E-state index in [1.165, 1.54) is 17.7 Å². The molecule has 10 heteroatoms. The Hall–Kier alpha value is -5.90. The van der Waals surface area contributed by atoms with E-state index in [1.807, 2.05) is 27.7 Å². The van der Waals surface area contributed by atoms with Crippen molar-refractivity contribution in [3.63, 3.8) is 0 Å². The molecule has 10 nitrogen and oxygen atoms in total. The van der Waals surface area contributed by atoms with Crippen molar-refractivity contribution in [2.75, 3.05) is 39.6 Å². The van der Waals surface area contributed by atoms with Gasteiger partial charge in [0.25, 0.3) is 0 Å². The second-order valence-corrected chi connectivity index (χ2v) is 15.8. The van der Waals surface area contributed by atoms with Gasteiger partial charge in [0.15, 0.2) is 23.0 Å². The normalized spacial score (nSPS) is 11.7.